The van der Waals surface area contributed by atoms with Gasteiger partial charge in [-0.2, -0.15) is 0 Å². The van der Waals surface area contributed by atoms with Gasteiger partial charge in [0.2, 0.25) is 0 Å². The van der Waals surface area contributed by atoms with Crippen molar-refractivity contribution < 1.29 is 0 Å². The quantitative estimate of drug-likeness (QED) is 0.894. The van der Waals surface area contributed by atoms with Crippen LogP contribution in [0.1, 0.15) is 42.7 Å². The molecule has 1 saturated carbocycles. The third kappa shape index (κ3) is 2.44. The molecule has 1 N–H and O–H groups in total. The highest BCUT2D eigenvalue weighted by atomic mass is 15.2. The summed E-state index contributed by atoms with van der Waals surface area (Å²) in [6.07, 6.45) is 5.58. The summed E-state index contributed by atoms with van der Waals surface area (Å²) < 4.78 is 0. The summed E-state index contributed by atoms with van der Waals surface area (Å²) in [6, 6.07) is 9.42. The largest absolute Gasteiger partial charge is 0.316 e. The van der Waals surface area contributed by atoms with Crippen molar-refractivity contribution in [2.24, 2.45) is 5.41 Å². The Kier molecular flexibility index (Phi) is 2.89. The zero-order valence-corrected chi connectivity index (χ0v) is 11.7. The molecule has 0 radical (unpaired) electrons. The van der Waals surface area contributed by atoms with Crippen LogP contribution in [-0.4, -0.2) is 31.1 Å². The van der Waals surface area contributed by atoms with E-state index in [-0.39, 0.29) is 0 Å². The molecule has 1 aliphatic carbocycles. The van der Waals surface area contributed by atoms with E-state index < -0.39 is 0 Å². The maximum atomic E-state index is 3.54. The van der Waals surface area contributed by atoms with Gasteiger partial charge in [0.15, 0.2) is 0 Å². The fourth-order valence-electron chi connectivity index (χ4n) is 3.88. The van der Waals surface area contributed by atoms with Gasteiger partial charge in [-0.1, -0.05) is 24.3 Å². The summed E-state index contributed by atoms with van der Waals surface area (Å²) in [6.45, 7) is 6.19. The second kappa shape index (κ2) is 4.60. The van der Waals surface area contributed by atoms with E-state index in [1.165, 1.54) is 57.4 Å². The fraction of sp³-hybridized carbons (Fsp3) is 0.647. The monoisotopic (exact) mass is 256 g/mol. The van der Waals surface area contributed by atoms with E-state index in [9.17, 15) is 0 Å². The highest BCUT2D eigenvalue weighted by Gasteiger charge is 2.39. The van der Waals surface area contributed by atoms with E-state index in [4.69, 9.17) is 0 Å². The number of nitrogens with zero attached hydrogens (tertiary/aromatic N) is 1. The van der Waals surface area contributed by atoms with Crippen molar-refractivity contribution >= 4 is 0 Å². The molecule has 0 amide bonds. The lowest BCUT2D eigenvalue weighted by Crippen LogP contribution is -2.28. The summed E-state index contributed by atoms with van der Waals surface area (Å²) in [4.78, 5) is 2.65. The first-order valence-electron chi connectivity index (χ1n) is 7.85. The zero-order chi connectivity index (χ0) is 12.7. The normalized spacial score (nSPS) is 31.4. The first-order valence-corrected chi connectivity index (χ1v) is 7.85. The Bertz CT molecular complexity index is 441. The van der Waals surface area contributed by atoms with Gasteiger partial charge in [-0.25, -0.2) is 0 Å². The molecule has 2 saturated heterocycles. The van der Waals surface area contributed by atoms with Crippen LogP contribution in [0.2, 0.25) is 0 Å². The topological polar surface area (TPSA) is 15.3 Å². The molecule has 2 heteroatoms. The van der Waals surface area contributed by atoms with Crippen LogP contribution in [-0.2, 0) is 6.54 Å². The fourth-order valence-corrected chi connectivity index (χ4v) is 3.88. The molecule has 1 atom stereocenters. The second-order valence-electron chi connectivity index (χ2n) is 6.90. The van der Waals surface area contributed by atoms with E-state index in [2.05, 4.69) is 34.5 Å². The minimum atomic E-state index is 0.605. The molecule has 0 aromatic heterocycles. The molecule has 2 nitrogen and oxygen atoms in total. The minimum Gasteiger partial charge on any atom is -0.316 e. The van der Waals surface area contributed by atoms with E-state index in [0.717, 1.165) is 12.5 Å². The lowest BCUT2D eigenvalue weighted by Gasteiger charge is -2.22. The van der Waals surface area contributed by atoms with Crippen LogP contribution in [0, 0.1) is 5.41 Å². The van der Waals surface area contributed by atoms with Gasteiger partial charge in [0.25, 0.3) is 0 Å². The van der Waals surface area contributed by atoms with E-state index in [1.807, 2.05) is 0 Å². The molecule has 3 aliphatic rings. The van der Waals surface area contributed by atoms with Gasteiger partial charge in [0.1, 0.15) is 0 Å². The summed E-state index contributed by atoms with van der Waals surface area (Å²) in [5, 5.41) is 3.54. The predicted molar refractivity (Wildman–Crippen MR) is 78.2 cm³/mol. The van der Waals surface area contributed by atoms with Gasteiger partial charge >= 0.3 is 0 Å². The van der Waals surface area contributed by atoms with Crippen molar-refractivity contribution in [2.45, 2.75) is 38.1 Å². The van der Waals surface area contributed by atoms with Crippen molar-refractivity contribution in [2.75, 3.05) is 26.2 Å². The first kappa shape index (κ1) is 11.9. The Morgan fingerprint density at radius 3 is 2.68 bits per heavy atom. The summed E-state index contributed by atoms with van der Waals surface area (Å²) in [7, 11) is 0. The molecular weight excluding hydrogens is 232 g/mol. The molecule has 3 fully saturated rings. The van der Waals surface area contributed by atoms with Gasteiger partial charge in [-0.3, -0.25) is 4.90 Å². The summed E-state index contributed by atoms with van der Waals surface area (Å²) in [5.41, 5.74) is 3.66. The molecule has 102 valence electrons. The van der Waals surface area contributed by atoms with Crippen molar-refractivity contribution in [1.29, 1.82) is 0 Å². The number of nitrogens with one attached hydrogen (secondary N) is 1. The Morgan fingerprint density at radius 1 is 1.16 bits per heavy atom. The number of likely N-dealkylation sites (tertiary alicyclic amines) is 1. The predicted octanol–water partition coefficient (Wildman–Crippen LogP) is 2.75. The molecule has 1 aromatic rings. The third-order valence-corrected chi connectivity index (χ3v) is 5.28. The maximum Gasteiger partial charge on any atom is 0.0233 e. The Morgan fingerprint density at radius 2 is 2.00 bits per heavy atom. The standard InChI is InChI=1S/C17H24N2/c1-3-15(16-5-6-16)4-2-14(1)11-19-10-8-17(13-19)7-9-18-12-17/h1-4,16,18H,5-13H2. The van der Waals surface area contributed by atoms with E-state index >= 15 is 0 Å². The average molecular weight is 256 g/mol. The van der Waals surface area contributed by atoms with Crippen molar-refractivity contribution in [3.8, 4) is 0 Å². The smallest absolute Gasteiger partial charge is 0.0233 e. The molecule has 19 heavy (non-hydrogen) atoms. The van der Waals surface area contributed by atoms with Gasteiger partial charge in [-0.15, -0.1) is 0 Å². The Labute approximate surface area is 116 Å². The highest BCUT2D eigenvalue weighted by Crippen LogP contribution is 2.40. The zero-order valence-electron chi connectivity index (χ0n) is 11.7. The van der Waals surface area contributed by atoms with Gasteiger partial charge in [0, 0.05) is 19.6 Å². The van der Waals surface area contributed by atoms with Crippen molar-refractivity contribution in [3.63, 3.8) is 0 Å². The number of hydrogen-bond acceptors (Lipinski definition) is 2. The molecule has 1 aromatic carbocycles. The minimum absolute atomic E-state index is 0.605. The average Bonchev–Trinajstić information content (AvgIpc) is 3.07. The summed E-state index contributed by atoms with van der Waals surface area (Å²) in [5.74, 6) is 0.883. The van der Waals surface area contributed by atoms with Crippen molar-refractivity contribution in [1.82, 2.24) is 10.2 Å². The number of rotatable bonds is 3. The molecule has 1 unspecified atom stereocenters. The van der Waals surface area contributed by atoms with E-state index in [1.54, 1.807) is 5.56 Å². The first-order chi connectivity index (χ1) is 9.33. The van der Waals surface area contributed by atoms with Crippen LogP contribution in [0.3, 0.4) is 0 Å². The molecule has 2 aliphatic heterocycles. The summed E-state index contributed by atoms with van der Waals surface area (Å²) >= 11 is 0. The molecule has 4 rings (SSSR count). The lowest BCUT2D eigenvalue weighted by atomic mass is 9.86. The van der Waals surface area contributed by atoms with Gasteiger partial charge < -0.3 is 5.32 Å². The number of benzene rings is 1. The van der Waals surface area contributed by atoms with Crippen molar-refractivity contribution in [3.05, 3.63) is 35.4 Å². The van der Waals surface area contributed by atoms with Gasteiger partial charge in [0.05, 0.1) is 0 Å². The van der Waals surface area contributed by atoms with Crippen LogP contribution in [0.25, 0.3) is 0 Å². The molecule has 0 bridgehead atoms. The third-order valence-electron chi connectivity index (χ3n) is 5.28. The Balaban J connectivity index is 1.38. The van der Waals surface area contributed by atoms with Crippen LogP contribution in [0.4, 0.5) is 0 Å². The van der Waals surface area contributed by atoms with E-state index in [0.29, 0.717) is 5.41 Å². The van der Waals surface area contributed by atoms with Crippen LogP contribution >= 0.6 is 0 Å². The van der Waals surface area contributed by atoms with Crippen LogP contribution < -0.4 is 5.32 Å². The van der Waals surface area contributed by atoms with Crippen LogP contribution in [0.15, 0.2) is 24.3 Å². The molecule has 1 spiro atoms. The van der Waals surface area contributed by atoms with Gasteiger partial charge in [-0.05, 0) is 61.2 Å². The number of hydrogen-bond donors (Lipinski definition) is 1. The molecular formula is C17H24N2. The van der Waals surface area contributed by atoms with Crippen LogP contribution in [0.5, 0.6) is 0 Å². The molecule has 2 heterocycles. The SMILES string of the molecule is c1cc(C2CC2)ccc1CN1CCC2(CCNC2)C1. The second-order valence-corrected chi connectivity index (χ2v) is 6.90. The highest BCUT2D eigenvalue weighted by molar-refractivity contribution is 5.28. The maximum absolute atomic E-state index is 3.54. The Hall–Kier alpha value is -0.860. The lowest BCUT2D eigenvalue weighted by molar-refractivity contribution is 0.268.